The average Bonchev–Trinajstić information content (AvgIpc) is 2.62. The minimum atomic E-state index is -0.502. The lowest BCUT2D eigenvalue weighted by atomic mass is 10.2. The van der Waals surface area contributed by atoms with E-state index in [1.54, 1.807) is 37.3 Å². The fraction of sp³-hybridized carbons (Fsp3) is 0.118. The molecule has 0 aliphatic carbocycles. The van der Waals surface area contributed by atoms with E-state index < -0.39 is 4.92 Å². The monoisotopic (exact) mass is 386 g/mol. The van der Waals surface area contributed by atoms with Crippen LogP contribution in [0.2, 0.25) is 5.02 Å². The van der Waals surface area contributed by atoms with Crippen molar-refractivity contribution in [3.8, 4) is 5.75 Å². The minimum Gasteiger partial charge on any atom is -0.479 e. The van der Waals surface area contributed by atoms with Gasteiger partial charge in [-0.25, -0.2) is 0 Å². The highest BCUT2D eigenvalue weighted by Gasteiger charge is 2.16. The van der Waals surface area contributed by atoms with Crippen LogP contribution >= 0.6 is 11.6 Å². The molecule has 1 aromatic heterocycles. The van der Waals surface area contributed by atoms with Gasteiger partial charge in [0.25, 0.3) is 0 Å². The second-order valence-electron chi connectivity index (χ2n) is 5.58. The van der Waals surface area contributed by atoms with Gasteiger partial charge < -0.3 is 15.8 Å². The number of ether oxygens (including phenoxy) is 1. The molecule has 0 atom stereocenters. The third-order valence-electron chi connectivity index (χ3n) is 3.47. The molecule has 2 aromatic carbocycles. The summed E-state index contributed by atoms with van der Waals surface area (Å²) in [7, 11) is 0. The molecule has 10 heteroatoms. The molecule has 0 radical (unpaired) electrons. The highest BCUT2D eigenvalue weighted by molar-refractivity contribution is 6.30. The number of nitrogens with two attached hydrogens (primary N) is 1. The van der Waals surface area contributed by atoms with Crippen molar-refractivity contribution in [1.82, 2.24) is 15.0 Å². The fourth-order valence-electron chi connectivity index (χ4n) is 2.26. The van der Waals surface area contributed by atoms with Crippen molar-refractivity contribution in [1.29, 1.82) is 0 Å². The molecule has 0 unspecified atom stereocenters. The molecule has 3 aromatic rings. The highest BCUT2D eigenvalue weighted by atomic mass is 35.5. The zero-order chi connectivity index (χ0) is 19.4. The van der Waals surface area contributed by atoms with Crippen molar-refractivity contribution < 1.29 is 9.66 Å². The van der Waals surface area contributed by atoms with Crippen LogP contribution in [0.4, 0.5) is 23.3 Å². The van der Waals surface area contributed by atoms with Crippen molar-refractivity contribution in [3.05, 3.63) is 69.0 Å². The molecule has 0 saturated carbocycles. The molecule has 0 aliphatic rings. The second kappa shape index (κ2) is 7.83. The number of rotatable bonds is 6. The molecule has 3 N–H and O–H groups in total. The lowest BCUT2D eigenvalue weighted by molar-refractivity contribution is -0.386. The SMILES string of the molecule is Cc1ccc(OCc2nc(N)nc(Nc3ccc(Cl)cc3)n2)c([N+](=O)[O-])c1. The number of nitrogens with zero attached hydrogens (tertiary/aromatic N) is 4. The molecule has 27 heavy (non-hydrogen) atoms. The van der Waals surface area contributed by atoms with Gasteiger partial charge in [0.1, 0.15) is 6.61 Å². The van der Waals surface area contributed by atoms with Crippen LogP contribution in [0.3, 0.4) is 0 Å². The van der Waals surface area contributed by atoms with Crippen LogP contribution in [0, 0.1) is 17.0 Å². The van der Waals surface area contributed by atoms with Gasteiger partial charge in [-0.15, -0.1) is 0 Å². The molecule has 0 fully saturated rings. The fourth-order valence-corrected chi connectivity index (χ4v) is 2.38. The third kappa shape index (κ3) is 4.79. The van der Waals surface area contributed by atoms with Crippen molar-refractivity contribution in [2.45, 2.75) is 13.5 Å². The highest BCUT2D eigenvalue weighted by Crippen LogP contribution is 2.28. The van der Waals surface area contributed by atoms with Crippen molar-refractivity contribution in [2.24, 2.45) is 0 Å². The maximum Gasteiger partial charge on any atom is 0.311 e. The summed E-state index contributed by atoms with van der Waals surface area (Å²) in [6, 6.07) is 11.6. The van der Waals surface area contributed by atoms with Crippen molar-refractivity contribution in [2.75, 3.05) is 11.1 Å². The van der Waals surface area contributed by atoms with Gasteiger partial charge in [-0.05, 0) is 42.8 Å². The van der Waals surface area contributed by atoms with Gasteiger partial charge in [0.2, 0.25) is 11.9 Å². The first-order valence-corrected chi connectivity index (χ1v) is 8.19. The third-order valence-corrected chi connectivity index (χ3v) is 3.72. The summed E-state index contributed by atoms with van der Waals surface area (Å²) in [5, 5.41) is 14.7. The Balaban J connectivity index is 1.77. The quantitative estimate of drug-likeness (QED) is 0.485. The number of nitrogens with one attached hydrogen (secondary N) is 1. The Bertz CT molecular complexity index is 981. The molecule has 0 saturated heterocycles. The smallest absolute Gasteiger partial charge is 0.311 e. The normalized spacial score (nSPS) is 10.4. The minimum absolute atomic E-state index is 0.00142. The van der Waals surface area contributed by atoms with E-state index in [0.29, 0.717) is 10.7 Å². The van der Waals surface area contributed by atoms with Gasteiger partial charge >= 0.3 is 5.69 Å². The van der Waals surface area contributed by atoms with Crippen LogP contribution in [-0.4, -0.2) is 19.9 Å². The summed E-state index contributed by atoms with van der Waals surface area (Å²) in [4.78, 5) is 22.9. The first-order valence-electron chi connectivity index (χ1n) is 7.81. The summed E-state index contributed by atoms with van der Waals surface area (Å²) < 4.78 is 5.52. The summed E-state index contributed by atoms with van der Waals surface area (Å²) >= 11 is 5.86. The van der Waals surface area contributed by atoms with Gasteiger partial charge in [0, 0.05) is 16.8 Å². The van der Waals surface area contributed by atoms with E-state index in [1.807, 2.05) is 0 Å². The topological polar surface area (TPSA) is 129 Å². The summed E-state index contributed by atoms with van der Waals surface area (Å²) in [6.45, 7) is 1.66. The summed E-state index contributed by atoms with van der Waals surface area (Å²) in [5.41, 5.74) is 7.06. The lowest BCUT2D eigenvalue weighted by Crippen LogP contribution is -2.09. The number of hydrogen-bond donors (Lipinski definition) is 2. The molecule has 0 bridgehead atoms. The molecular formula is C17H15ClN6O3. The molecule has 0 amide bonds. The van der Waals surface area contributed by atoms with E-state index in [9.17, 15) is 10.1 Å². The predicted molar refractivity (Wildman–Crippen MR) is 101 cm³/mol. The maximum atomic E-state index is 11.2. The van der Waals surface area contributed by atoms with Crippen LogP contribution in [0.15, 0.2) is 42.5 Å². The summed E-state index contributed by atoms with van der Waals surface area (Å²) in [6.07, 6.45) is 0. The maximum absolute atomic E-state index is 11.2. The van der Waals surface area contributed by atoms with E-state index in [0.717, 1.165) is 5.56 Å². The molecule has 3 rings (SSSR count). The Morgan fingerprint density at radius 1 is 1.19 bits per heavy atom. The van der Waals surface area contributed by atoms with E-state index in [-0.39, 0.29) is 35.8 Å². The van der Waals surface area contributed by atoms with Gasteiger partial charge in [-0.3, -0.25) is 10.1 Å². The van der Waals surface area contributed by atoms with Gasteiger partial charge in [-0.1, -0.05) is 17.7 Å². The Morgan fingerprint density at radius 3 is 2.63 bits per heavy atom. The second-order valence-corrected chi connectivity index (χ2v) is 6.02. The van der Waals surface area contributed by atoms with E-state index in [4.69, 9.17) is 22.1 Å². The zero-order valence-electron chi connectivity index (χ0n) is 14.2. The number of benzene rings is 2. The van der Waals surface area contributed by atoms with Gasteiger partial charge in [0.05, 0.1) is 4.92 Å². The summed E-state index contributed by atoms with van der Waals surface area (Å²) in [5.74, 6) is 0.575. The van der Waals surface area contributed by atoms with E-state index >= 15 is 0 Å². The first kappa shape index (κ1) is 18.3. The molecular weight excluding hydrogens is 372 g/mol. The van der Waals surface area contributed by atoms with Crippen molar-refractivity contribution >= 4 is 34.9 Å². The average molecular weight is 387 g/mol. The number of nitro groups is 1. The van der Waals surface area contributed by atoms with E-state index in [1.165, 1.54) is 12.1 Å². The number of anilines is 3. The number of aromatic nitrogens is 3. The number of nitro benzene ring substituents is 1. The van der Waals surface area contributed by atoms with Gasteiger partial charge in [0.15, 0.2) is 11.6 Å². The van der Waals surface area contributed by atoms with Gasteiger partial charge in [-0.2, -0.15) is 15.0 Å². The predicted octanol–water partition coefficient (Wildman–Crippen LogP) is 3.65. The number of hydrogen-bond acceptors (Lipinski definition) is 8. The molecule has 138 valence electrons. The number of halogens is 1. The van der Waals surface area contributed by atoms with Crippen LogP contribution in [-0.2, 0) is 6.61 Å². The van der Waals surface area contributed by atoms with Crippen LogP contribution < -0.4 is 15.8 Å². The largest absolute Gasteiger partial charge is 0.479 e. The van der Waals surface area contributed by atoms with Crippen LogP contribution in [0.5, 0.6) is 5.75 Å². The standard InChI is InChI=1S/C17H15ClN6O3/c1-10-2-7-14(13(8-10)24(25)26)27-9-15-21-16(19)23-17(22-15)20-12-5-3-11(18)4-6-12/h2-8H,9H2,1H3,(H3,19,20,21,22,23). The molecule has 0 spiro atoms. The zero-order valence-corrected chi connectivity index (χ0v) is 15.0. The Kier molecular flexibility index (Phi) is 5.32. The number of nitrogen functional groups attached to an aromatic ring is 1. The number of aryl methyl sites for hydroxylation is 1. The molecule has 0 aliphatic heterocycles. The van der Waals surface area contributed by atoms with E-state index in [2.05, 4.69) is 20.3 Å². The van der Waals surface area contributed by atoms with Crippen LogP contribution in [0.1, 0.15) is 11.4 Å². The molecule has 1 heterocycles. The Morgan fingerprint density at radius 2 is 1.93 bits per heavy atom. The molecule has 9 nitrogen and oxygen atoms in total. The lowest BCUT2D eigenvalue weighted by Gasteiger charge is -2.09. The first-order chi connectivity index (χ1) is 12.9. The van der Waals surface area contributed by atoms with Crippen LogP contribution in [0.25, 0.3) is 0 Å². The Hall–Kier alpha value is -3.46. The Labute approximate surface area is 159 Å². The van der Waals surface area contributed by atoms with Crippen molar-refractivity contribution in [3.63, 3.8) is 0 Å².